The molecule has 0 N–H and O–H groups in total. The van der Waals surface area contributed by atoms with E-state index in [9.17, 15) is 8.42 Å². The number of nitrogens with zero attached hydrogens (tertiary/aromatic N) is 3. The number of hydrogen-bond donors (Lipinski definition) is 0. The summed E-state index contributed by atoms with van der Waals surface area (Å²) < 4.78 is 24.6. The van der Waals surface area contributed by atoms with Crippen LogP contribution in [0.3, 0.4) is 0 Å². The van der Waals surface area contributed by atoms with Gasteiger partial charge in [-0.15, -0.1) is 0 Å². The Kier molecular flexibility index (Phi) is 9.26. The van der Waals surface area contributed by atoms with Crippen LogP contribution in [0.15, 0.2) is 0 Å². The van der Waals surface area contributed by atoms with E-state index in [2.05, 4.69) is 6.92 Å². The molecule has 0 aromatic heterocycles. The van der Waals surface area contributed by atoms with Gasteiger partial charge in [-0.05, 0) is 6.42 Å². The quantitative estimate of drug-likeness (QED) is 0.449. The summed E-state index contributed by atoms with van der Waals surface area (Å²) in [6, 6.07) is 3.55. The lowest BCUT2D eigenvalue weighted by Gasteiger charge is -2.15. The van der Waals surface area contributed by atoms with Gasteiger partial charge in [-0.25, -0.2) is 8.42 Å². The van der Waals surface area contributed by atoms with Crippen LogP contribution in [0.5, 0.6) is 0 Å². The summed E-state index contributed by atoms with van der Waals surface area (Å²) >= 11 is 0. The second kappa shape index (κ2) is 9.87. The maximum atomic E-state index is 11.8. The van der Waals surface area contributed by atoms with Gasteiger partial charge >= 0.3 is 0 Å². The summed E-state index contributed by atoms with van der Waals surface area (Å²) in [5, 5.41) is 17.1. The fourth-order valence-electron chi connectivity index (χ4n) is 1.60. The Morgan fingerprint density at radius 1 is 0.944 bits per heavy atom. The number of sulfonamides is 1. The molecule has 0 amide bonds. The smallest absolute Gasteiger partial charge is 0.212 e. The Morgan fingerprint density at radius 3 is 1.94 bits per heavy atom. The summed E-state index contributed by atoms with van der Waals surface area (Å²) in [4.78, 5) is 0. The number of rotatable bonds is 10. The summed E-state index contributed by atoms with van der Waals surface area (Å²) in [6.07, 6.45) is 6.00. The van der Waals surface area contributed by atoms with E-state index in [1.54, 1.807) is 12.1 Å². The highest BCUT2D eigenvalue weighted by Crippen LogP contribution is 2.09. The first-order valence-corrected chi connectivity index (χ1v) is 7.91. The third-order valence-electron chi connectivity index (χ3n) is 2.64. The monoisotopic (exact) mass is 271 g/mol. The first-order valence-electron chi connectivity index (χ1n) is 6.30. The van der Waals surface area contributed by atoms with Crippen molar-refractivity contribution in [3.8, 4) is 12.1 Å². The van der Waals surface area contributed by atoms with Crippen molar-refractivity contribution in [2.45, 2.75) is 45.4 Å². The molecule has 0 saturated carbocycles. The van der Waals surface area contributed by atoms with Crippen molar-refractivity contribution in [3.63, 3.8) is 0 Å². The maximum Gasteiger partial charge on any atom is 0.215 e. The summed E-state index contributed by atoms with van der Waals surface area (Å²) in [6.45, 7) is 1.64. The van der Waals surface area contributed by atoms with Crippen LogP contribution in [0, 0.1) is 22.7 Å². The minimum absolute atomic E-state index is 0.0302. The minimum Gasteiger partial charge on any atom is -0.212 e. The van der Waals surface area contributed by atoms with Crippen molar-refractivity contribution < 1.29 is 8.42 Å². The van der Waals surface area contributed by atoms with Crippen LogP contribution in [0.1, 0.15) is 45.4 Å². The Hall–Kier alpha value is -1.11. The molecule has 0 saturated heterocycles. The molecule has 0 rings (SSSR count). The van der Waals surface area contributed by atoms with Crippen molar-refractivity contribution in [2.75, 3.05) is 18.8 Å². The molecule has 0 aromatic carbocycles. The Balaban J connectivity index is 4.05. The van der Waals surface area contributed by atoms with Gasteiger partial charge in [-0.1, -0.05) is 39.0 Å². The predicted molar refractivity (Wildman–Crippen MR) is 70.0 cm³/mol. The Labute approximate surface area is 110 Å². The number of unbranched alkanes of at least 4 members (excludes halogenated alkanes) is 5. The lowest BCUT2D eigenvalue weighted by atomic mass is 10.1. The van der Waals surface area contributed by atoms with Gasteiger partial charge in [0.15, 0.2) is 0 Å². The molecule has 102 valence electrons. The van der Waals surface area contributed by atoms with Gasteiger partial charge in [0.2, 0.25) is 10.0 Å². The maximum absolute atomic E-state index is 11.8. The molecule has 0 atom stereocenters. The normalized spacial score (nSPS) is 11.1. The predicted octanol–water partition coefficient (Wildman–Crippen LogP) is 2.03. The average Bonchev–Trinajstić information content (AvgIpc) is 2.33. The molecule has 0 fully saturated rings. The van der Waals surface area contributed by atoms with Crippen molar-refractivity contribution >= 4 is 10.0 Å². The lowest BCUT2D eigenvalue weighted by Crippen LogP contribution is -2.33. The van der Waals surface area contributed by atoms with Crippen molar-refractivity contribution in [3.05, 3.63) is 0 Å². The van der Waals surface area contributed by atoms with E-state index >= 15 is 0 Å². The zero-order valence-corrected chi connectivity index (χ0v) is 11.7. The molecule has 6 heteroatoms. The molecule has 0 aliphatic heterocycles. The van der Waals surface area contributed by atoms with Crippen LogP contribution in [0.2, 0.25) is 0 Å². The van der Waals surface area contributed by atoms with Gasteiger partial charge < -0.3 is 0 Å². The van der Waals surface area contributed by atoms with Gasteiger partial charge in [-0.2, -0.15) is 14.8 Å². The van der Waals surface area contributed by atoms with Crippen LogP contribution < -0.4 is 0 Å². The molecule has 5 nitrogen and oxygen atoms in total. The van der Waals surface area contributed by atoms with E-state index in [-0.39, 0.29) is 18.8 Å². The zero-order chi connectivity index (χ0) is 13.9. The SMILES string of the molecule is CCCCCCCCS(=O)(=O)N(CC#N)CC#N. The highest BCUT2D eigenvalue weighted by atomic mass is 32.2. The van der Waals surface area contributed by atoms with E-state index in [0.717, 1.165) is 30.0 Å². The van der Waals surface area contributed by atoms with Gasteiger partial charge in [0.25, 0.3) is 0 Å². The Morgan fingerprint density at radius 2 is 1.44 bits per heavy atom. The van der Waals surface area contributed by atoms with E-state index < -0.39 is 10.0 Å². The first kappa shape index (κ1) is 16.9. The van der Waals surface area contributed by atoms with Crippen molar-refractivity contribution in [1.82, 2.24) is 4.31 Å². The summed E-state index contributed by atoms with van der Waals surface area (Å²) in [5.74, 6) is 0.0302. The highest BCUT2D eigenvalue weighted by Gasteiger charge is 2.20. The molecule has 0 bridgehead atoms. The second-order valence-corrected chi connectivity index (χ2v) is 6.26. The van der Waals surface area contributed by atoms with E-state index in [0.29, 0.717) is 6.42 Å². The number of hydrogen-bond acceptors (Lipinski definition) is 4. The molecular formula is C12H21N3O2S. The molecule has 0 aliphatic carbocycles. The van der Waals surface area contributed by atoms with Crippen LogP contribution >= 0.6 is 0 Å². The first-order chi connectivity index (χ1) is 8.58. The highest BCUT2D eigenvalue weighted by molar-refractivity contribution is 7.89. The molecule has 18 heavy (non-hydrogen) atoms. The van der Waals surface area contributed by atoms with Crippen LogP contribution in [0.4, 0.5) is 0 Å². The van der Waals surface area contributed by atoms with Crippen molar-refractivity contribution in [1.29, 1.82) is 10.5 Å². The van der Waals surface area contributed by atoms with Gasteiger partial charge in [-0.3, -0.25) is 0 Å². The van der Waals surface area contributed by atoms with E-state index in [1.807, 2.05) is 0 Å². The molecule has 0 spiro atoms. The standard InChI is InChI=1S/C12H21N3O2S/c1-2-3-4-5-6-7-12-18(16,17)15(10-8-13)11-9-14/h2-7,10-12H2,1H3. The number of nitriles is 2. The third-order valence-corrected chi connectivity index (χ3v) is 4.49. The van der Waals surface area contributed by atoms with Gasteiger partial charge in [0.05, 0.1) is 17.9 Å². The lowest BCUT2D eigenvalue weighted by molar-refractivity contribution is 0.476. The van der Waals surface area contributed by atoms with Crippen LogP contribution in [0.25, 0.3) is 0 Å². The van der Waals surface area contributed by atoms with Crippen LogP contribution in [-0.4, -0.2) is 31.6 Å². The average molecular weight is 271 g/mol. The summed E-state index contributed by atoms with van der Waals surface area (Å²) in [7, 11) is -3.45. The molecule has 0 heterocycles. The van der Waals surface area contributed by atoms with Gasteiger partial charge in [0.1, 0.15) is 13.1 Å². The third kappa shape index (κ3) is 7.26. The van der Waals surface area contributed by atoms with E-state index in [1.165, 1.54) is 6.42 Å². The van der Waals surface area contributed by atoms with Gasteiger partial charge in [0, 0.05) is 0 Å². The second-order valence-electron chi connectivity index (χ2n) is 4.17. The minimum atomic E-state index is -3.45. The largest absolute Gasteiger partial charge is 0.215 e. The van der Waals surface area contributed by atoms with Crippen LogP contribution in [-0.2, 0) is 10.0 Å². The molecule has 0 aliphatic rings. The molecular weight excluding hydrogens is 250 g/mol. The Bertz CT molecular complexity index is 377. The fraction of sp³-hybridized carbons (Fsp3) is 0.833. The fourth-order valence-corrected chi connectivity index (χ4v) is 2.94. The molecule has 0 radical (unpaired) electrons. The molecule has 0 aromatic rings. The zero-order valence-electron chi connectivity index (χ0n) is 10.9. The van der Waals surface area contributed by atoms with E-state index in [4.69, 9.17) is 10.5 Å². The van der Waals surface area contributed by atoms with Crippen molar-refractivity contribution in [2.24, 2.45) is 0 Å². The summed E-state index contributed by atoms with van der Waals surface area (Å²) in [5.41, 5.74) is 0. The molecule has 0 unspecified atom stereocenters. The topological polar surface area (TPSA) is 85.0 Å².